The summed E-state index contributed by atoms with van der Waals surface area (Å²) in [5.41, 5.74) is 4.33. The predicted molar refractivity (Wildman–Crippen MR) is 149 cm³/mol. The first-order valence-corrected chi connectivity index (χ1v) is 13.8. The number of furan rings is 1. The highest BCUT2D eigenvalue weighted by molar-refractivity contribution is 5.97. The van der Waals surface area contributed by atoms with Gasteiger partial charge in [-0.2, -0.15) is 10.1 Å². The Morgan fingerprint density at radius 1 is 1.05 bits per heavy atom. The highest BCUT2D eigenvalue weighted by Crippen LogP contribution is 2.29. The Morgan fingerprint density at radius 3 is 2.77 bits per heavy atom. The summed E-state index contributed by atoms with van der Waals surface area (Å²) in [5, 5.41) is 7.75. The third-order valence-corrected chi connectivity index (χ3v) is 7.47. The molecule has 1 atom stereocenters. The second kappa shape index (κ2) is 11.2. The van der Waals surface area contributed by atoms with E-state index in [1.54, 1.807) is 10.7 Å². The summed E-state index contributed by atoms with van der Waals surface area (Å²) < 4.78 is 13.4. The molecule has 1 unspecified atom stereocenters. The number of hydrogen-bond donors (Lipinski definition) is 1. The average molecular weight is 530 g/mol. The van der Waals surface area contributed by atoms with Crippen LogP contribution in [-0.4, -0.2) is 83.0 Å². The number of carbonyl (C=O) groups excluding carboxylic acids is 1. The fourth-order valence-electron chi connectivity index (χ4n) is 5.39. The van der Waals surface area contributed by atoms with Crippen LogP contribution < -0.4 is 10.2 Å². The number of hydrogen-bond acceptors (Lipinski definition) is 8. The number of nitrogens with one attached hydrogen (secondary N) is 1. The number of carbonyl (C=O) groups is 1. The first-order valence-electron chi connectivity index (χ1n) is 13.8. The molecule has 0 bridgehead atoms. The second-order valence-corrected chi connectivity index (χ2v) is 10.6. The number of morpholine rings is 1. The quantitative estimate of drug-likeness (QED) is 0.416. The maximum atomic E-state index is 13.3. The molecule has 1 aromatic carbocycles. The van der Waals surface area contributed by atoms with Gasteiger partial charge in [0.25, 0.3) is 11.9 Å². The summed E-state index contributed by atoms with van der Waals surface area (Å²) in [5.74, 6) is 1.10. The van der Waals surface area contributed by atoms with Crippen LogP contribution in [-0.2, 0) is 4.74 Å². The van der Waals surface area contributed by atoms with E-state index in [2.05, 4.69) is 52.4 Å². The van der Waals surface area contributed by atoms with E-state index in [0.29, 0.717) is 49.2 Å². The lowest BCUT2D eigenvalue weighted by atomic mass is 10.0. The summed E-state index contributed by atoms with van der Waals surface area (Å²) in [6, 6.07) is 10.1. The van der Waals surface area contributed by atoms with Crippen molar-refractivity contribution in [3.63, 3.8) is 0 Å². The molecule has 4 aromatic rings. The SMILES string of the molecule is Cc1cccc(-c2cnn(-c3nc(N4CCOCC4)c4oc(C(=O)NC5CCCCCN(C)C5)cc4n3)c2)c1. The number of nitrogens with zero attached hydrogens (tertiary/aromatic N) is 6. The van der Waals surface area contributed by atoms with Crippen LogP contribution >= 0.6 is 0 Å². The Balaban J connectivity index is 1.33. The van der Waals surface area contributed by atoms with Gasteiger partial charge in [0.05, 0.1) is 19.4 Å². The van der Waals surface area contributed by atoms with E-state index < -0.39 is 0 Å². The highest BCUT2D eigenvalue weighted by Gasteiger charge is 2.25. The molecule has 2 fully saturated rings. The topological polar surface area (TPSA) is 102 Å². The minimum absolute atomic E-state index is 0.0838. The van der Waals surface area contributed by atoms with E-state index in [9.17, 15) is 4.79 Å². The van der Waals surface area contributed by atoms with E-state index in [4.69, 9.17) is 19.1 Å². The fourth-order valence-corrected chi connectivity index (χ4v) is 5.39. The van der Waals surface area contributed by atoms with Crippen molar-refractivity contribution in [1.82, 2.24) is 30.0 Å². The van der Waals surface area contributed by atoms with Crippen LogP contribution in [0.1, 0.15) is 41.8 Å². The van der Waals surface area contributed by atoms with Gasteiger partial charge in [-0.25, -0.2) is 9.67 Å². The summed E-state index contributed by atoms with van der Waals surface area (Å²) in [7, 11) is 2.11. The largest absolute Gasteiger partial charge is 0.445 e. The number of likely N-dealkylation sites (tertiary alicyclic amines) is 1. The molecule has 10 heteroatoms. The number of aromatic nitrogens is 4. The number of rotatable bonds is 5. The van der Waals surface area contributed by atoms with Gasteiger partial charge in [-0.3, -0.25) is 4.79 Å². The van der Waals surface area contributed by atoms with Gasteiger partial charge in [-0.1, -0.05) is 42.7 Å². The molecule has 3 aromatic heterocycles. The lowest BCUT2D eigenvalue weighted by Crippen LogP contribution is -2.43. The van der Waals surface area contributed by atoms with Crippen molar-refractivity contribution in [2.75, 3.05) is 51.3 Å². The van der Waals surface area contributed by atoms with Crippen molar-refractivity contribution in [2.24, 2.45) is 0 Å². The lowest BCUT2D eigenvalue weighted by molar-refractivity contribution is 0.0895. The van der Waals surface area contributed by atoms with E-state index in [0.717, 1.165) is 37.1 Å². The fraction of sp³-hybridized carbons (Fsp3) is 0.448. The number of likely N-dealkylation sites (N-methyl/N-ethyl adjacent to an activating group) is 1. The molecule has 2 aliphatic rings. The van der Waals surface area contributed by atoms with Gasteiger partial charge in [0.15, 0.2) is 17.2 Å². The third-order valence-electron chi connectivity index (χ3n) is 7.47. The zero-order valence-corrected chi connectivity index (χ0v) is 22.6. The highest BCUT2D eigenvalue weighted by atomic mass is 16.5. The van der Waals surface area contributed by atoms with Gasteiger partial charge >= 0.3 is 0 Å². The number of aryl methyl sites for hydroxylation is 1. The number of fused-ring (bicyclic) bond motifs is 1. The summed E-state index contributed by atoms with van der Waals surface area (Å²) in [4.78, 5) is 27.3. The Bertz CT molecular complexity index is 1460. The van der Waals surface area contributed by atoms with E-state index in [1.807, 2.05) is 18.5 Å². The first-order chi connectivity index (χ1) is 19.0. The van der Waals surface area contributed by atoms with Crippen LogP contribution in [0.4, 0.5) is 5.82 Å². The molecule has 5 heterocycles. The standard InChI is InChI=1S/C29H35N7O3/c1-20-7-6-8-21(15-20)22-17-30-36(18-22)29-32-24-16-25(28(37)31-23-9-4-3-5-10-34(2)19-23)39-26(24)27(33-29)35-11-13-38-14-12-35/h6-8,15-18,23H,3-5,9-14,19H2,1-2H3,(H,31,37). The van der Waals surface area contributed by atoms with Crippen LogP contribution in [0.2, 0.25) is 0 Å². The monoisotopic (exact) mass is 529 g/mol. The minimum Gasteiger partial charge on any atom is -0.445 e. The van der Waals surface area contributed by atoms with Crippen LogP contribution in [0.5, 0.6) is 0 Å². The summed E-state index contributed by atoms with van der Waals surface area (Å²) in [6.45, 7) is 6.51. The smallest absolute Gasteiger partial charge is 0.287 e. The van der Waals surface area contributed by atoms with Crippen molar-refractivity contribution in [1.29, 1.82) is 0 Å². The minimum atomic E-state index is -0.220. The maximum Gasteiger partial charge on any atom is 0.287 e. The van der Waals surface area contributed by atoms with Crippen LogP contribution in [0, 0.1) is 6.92 Å². The molecule has 2 saturated heterocycles. The van der Waals surface area contributed by atoms with Gasteiger partial charge in [0.2, 0.25) is 0 Å². The molecule has 1 amide bonds. The number of amides is 1. The predicted octanol–water partition coefficient (Wildman–Crippen LogP) is 3.82. The second-order valence-electron chi connectivity index (χ2n) is 10.6. The van der Waals surface area contributed by atoms with Crippen LogP contribution in [0.15, 0.2) is 47.1 Å². The number of anilines is 1. The lowest BCUT2D eigenvalue weighted by Gasteiger charge is -2.27. The molecule has 1 N–H and O–H groups in total. The Hall–Kier alpha value is -3.76. The number of benzene rings is 1. The molecule has 0 aliphatic carbocycles. The zero-order valence-electron chi connectivity index (χ0n) is 22.6. The molecule has 2 aliphatic heterocycles. The van der Waals surface area contributed by atoms with Gasteiger partial charge in [0, 0.05) is 43.5 Å². The van der Waals surface area contributed by atoms with Crippen molar-refractivity contribution >= 4 is 22.8 Å². The van der Waals surface area contributed by atoms with E-state index in [-0.39, 0.29) is 17.7 Å². The van der Waals surface area contributed by atoms with Gasteiger partial charge in [0.1, 0.15) is 5.52 Å². The molecular weight excluding hydrogens is 494 g/mol. The Morgan fingerprint density at radius 2 is 1.92 bits per heavy atom. The molecule has 0 spiro atoms. The molecule has 204 valence electrons. The van der Waals surface area contributed by atoms with Crippen molar-refractivity contribution in [3.8, 4) is 17.1 Å². The molecule has 39 heavy (non-hydrogen) atoms. The average Bonchev–Trinajstić information content (AvgIpc) is 3.59. The van der Waals surface area contributed by atoms with Crippen LogP contribution in [0.25, 0.3) is 28.2 Å². The van der Waals surface area contributed by atoms with E-state index >= 15 is 0 Å². The van der Waals surface area contributed by atoms with Gasteiger partial charge in [-0.15, -0.1) is 0 Å². The van der Waals surface area contributed by atoms with Crippen molar-refractivity contribution < 1.29 is 13.9 Å². The molecular formula is C29H35N7O3. The number of ether oxygens (including phenoxy) is 1. The molecule has 0 radical (unpaired) electrons. The van der Waals surface area contributed by atoms with Crippen LogP contribution in [0.3, 0.4) is 0 Å². The third kappa shape index (κ3) is 5.67. The van der Waals surface area contributed by atoms with E-state index in [1.165, 1.54) is 18.4 Å². The van der Waals surface area contributed by atoms with Crippen molar-refractivity contribution in [2.45, 2.75) is 38.6 Å². The van der Waals surface area contributed by atoms with Gasteiger partial charge in [-0.05, 0) is 38.9 Å². The summed E-state index contributed by atoms with van der Waals surface area (Å²) in [6.07, 6.45) is 8.20. The Kier molecular flexibility index (Phi) is 7.30. The summed E-state index contributed by atoms with van der Waals surface area (Å²) >= 11 is 0. The molecule has 6 rings (SSSR count). The van der Waals surface area contributed by atoms with Crippen molar-refractivity contribution in [3.05, 3.63) is 54.0 Å². The maximum absolute atomic E-state index is 13.3. The normalized spacial score (nSPS) is 19.1. The van der Waals surface area contributed by atoms with Gasteiger partial charge < -0.3 is 24.3 Å². The molecule has 10 nitrogen and oxygen atoms in total. The molecule has 0 saturated carbocycles. The first kappa shape index (κ1) is 25.5. The zero-order chi connectivity index (χ0) is 26.8. The Labute approximate surface area is 228 Å².